The normalized spacial score (nSPS) is 81.7. The molecule has 10 saturated heterocycles. The first-order valence-corrected chi connectivity index (χ1v) is 16.6. The molecule has 5 atom stereocenters. The predicted molar refractivity (Wildman–Crippen MR) is 95.4 cm³/mol. The molecule has 10 fully saturated rings. The van der Waals surface area contributed by atoms with E-state index in [0.717, 1.165) is 43.3 Å². The van der Waals surface area contributed by atoms with Crippen molar-refractivity contribution in [2.24, 2.45) is 0 Å². The molecule has 10 aliphatic rings. The molecule has 0 aromatic rings. The Bertz CT molecular complexity index is 1250. The summed E-state index contributed by atoms with van der Waals surface area (Å²) in [5.74, 6) is -0.235. The van der Waals surface area contributed by atoms with Gasteiger partial charge in [-0.25, -0.2) is 0 Å². The third-order valence-corrected chi connectivity index (χ3v) is 59.5. The second-order valence-corrected chi connectivity index (χ2v) is 37.8. The van der Waals surface area contributed by atoms with Gasteiger partial charge in [0.1, 0.15) is 0 Å². The van der Waals surface area contributed by atoms with Crippen LogP contribution in [0.5, 0.6) is 0 Å². The Morgan fingerprint density at radius 3 is 1.89 bits per heavy atom. The molecule has 0 aromatic heterocycles. The Morgan fingerprint density at radius 2 is 1.59 bits per heavy atom. The molecule has 27 heavy (non-hydrogen) atoms. The van der Waals surface area contributed by atoms with E-state index in [4.69, 9.17) is 9.47 Å². The van der Waals surface area contributed by atoms with Gasteiger partial charge in [-0.3, -0.25) is 0 Å². The summed E-state index contributed by atoms with van der Waals surface area (Å²) in [6, 6.07) is 0. The van der Waals surface area contributed by atoms with Crippen LogP contribution in [0.1, 0.15) is 27.2 Å². The number of rotatable bonds is 5. The molecule has 148 valence electrons. The third-order valence-electron chi connectivity index (χ3n) is 17.0. The first-order chi connectivity index (χ1) is 12.4. The second kappa shape index (κ2) is 1.44. The fourth-order valence-corrected chi connectivity index (χ4v) is 94.2. The summed E-state index contributed by atoms with van der Waals surface area (Å²) in [5.41, 5.74) is -1.50. The number of alkyl carbamates (subject to hydrolysis) is 1. The maximum atomic E-state index is 13.5. The van der Waals surface area contributed by atoms with Crippen molar-refractivity contribution < 1.29 is 25.6 Å². The molecule has 10 rings (SSSR count). The first-order valence-electron chi connectivity index (χ1n) is 10.4. The minimum atomic E-state index is -3.68. The van der Waals surface area contributed by atoms with Crippen LogP contribution in [0.25, 0.3) is 0 Å². The molecule has 6 heteroatoms. The summed E-state index contributed by atoms with van der Waals surface area (Å²) in [6.45, 7) is 5.90. The van der Waals surface area contributed by atoms with Crippen LogP contribution in [0.15, 0.2) is 12.7 Å². The average Bonchev–Trinajstić information content (AvgIpc) is 3.52. The number of amides is 1. The summed E-state index contributed by atoms with van der Waals surface area (Å²) in [6.07, 6.45) is 1.86. The van der Waals surface area contributed by atoms with Gasteiger partial charge < -0.3 is 0 Å². The number of methoxy groups -OCH3 is 1. The van der Waals surface area contributed by atoms with Crippen LogP contribution in [0.3, 0.4) is 0 Å². The van der Waals surface area contributed by atoms with Gasteiger partial charge in [0.2, 0.25) is 0 Å². The van der Waals surface area contributed by atoms with Crippen molar-refractivity contribution in [2.75, 3.05) is 7.11 Å². The molecule has 10 aliphatic heterocycles. The number of ether oxygens (including phenoxy) is 2. The first kappa shape index (κ1) is 13.3. The molecule has 5 unspecified atom stereocenters. The van der Waals surface area contributed by atoms with Gasteiger partial charge in [0, 0.05) is 0 Å². The van der Waals surface area contributed by atoms with Gasteiger partial charge in [-0.05, 0) is 0 Å². The van der Waals surface area contributed by atoms with Gasteiger partial charge in [-0.2, -0.15) is 0 Å². The topological polar surface area (TPSA) is 64.6 Å². The van der Waals surface area contributed by atoms with Gasteiger partial charge >= 0.3 is 149 Å². The number of nitrogens with one attached hydrogen (secondary N) is 1. The summed E-state index contributed by atoms with van der Waals surface area (Å²) in [4.78, 5) is 35.5. The van der Waals surface area contributed by atoms with Crippen LogP contribution in [0, 0.1) is 0 Å². The monoisotopic (exact) mass is 413 g/mol. The van der Waals surface area contributed by atoms with E-state index in [1.54, 1.807) is 0 Å². The van der Waals surface area contributed by atoms with Crippen LogP contribution in [0.2, 0.25) is 47.7 Å². The van der Waals surface area contributed by atoms with E-state index in [9.17, 15) is 9.59 Å². The summed E-state index contributed by atoms with van der Waals surface area (Å²) in [5, 5.41) is 3.19. The summed E-state index contributed by atoms with van der Waals surface area (Å²) >= 11 is 0. The van der Waals surface area contributed by atoms with E-state index in [0.29, 0.717) is 6.42 Å². The molecular weight excluding hydrogens is 386 g/mol. The van der Waals surface area contributed by atoms with Crippen LogP contribution in [-0.2, 0) is 20.8 Å². The van der Waals surface area contributed by atoms with E-state index in [-0.39, 0.29) is 10.3 Å². The summed E-state index contributed by atoms with van der Waals surface area (Å²) < 4.78 is 11.2. The molecule has 1 amide bonds. The fourth-order valence-electron chi connectivity index (χ4n) is 18.8. The van der Waals surface area contributed by atoms with Gasteiger partial charge in [0.25, 0.3) is 0 Å². The Hall–Kier alpha value is -1.00. The van der Waals surface area contributed by atoms with Crippen molar-refractivity contribution >= 4 is 12.1 Å². The van der Waals surface area contributed by atoms with E-state index in [1.165, 1.54) is 7.11 Å². The van der Waals surface area contributed by atoms with Crippen molar-refractivity contribution in [3.05, 3.63) is 12.7 Å². The van der Waals surface area contributed by atoms with Crippen molar-refractivity contribution in [2.45, 2.75) is 86.0 Å². The minimum absolute atomic E-state index is 0.129. The number of esters is 1. The number of hydrogen-bond acceptors (Lipinski definition) is 4. The zero-order valence-electron chi connectivity index (χ0n) is 16.2. The van der Waals surface area contributed by atoms with Crippen molar-refractivity contribution in [1.29, 1.82) is 0 Å². The fraction of sp³-hybridized carbons (Fsp3) is 0.810. The Kier molecular flexibility index (Phi) is 0.707. The molecule has 5 nitrogen and oxygen atoms in total. The zero-order valence-corrected chi connectivity index (χ0v) is 17.3. The zero-order chi connectivity index (χ0) is 18.7. The molecule has 0 bridgehead atoms. The van der Waals surface area contributed by atoms with Crippen LogP contribution < -0.4 is 5.32 Å². The molecular formula is C21H27FeNO4. The Balaban J connectivity index is 1.23. The third kappa shape index (κ3) is 0.224. The van der Waals surface area contributed by atoms with Crippen LogP contribution in [0.4, 0.5) is 4.79 Å². The van der Waals surface area contributed by atoms with Gasteiger partial charge in [0.05, 0.1) is 0 Å². The van der Waals surface area contributed by atoms with Gasteiger partial charge in [-0.15, -0.1) is 0 Å². The molecule has 0 saturated carbocycles. The van der Waals surface area contributed by atoms with Gasteiger partial charge in [0.15, 0.2) is 0 Å². The molecule has 0 aromatic carbocycles. The van der Waals surface area contributed by atoms with Crippen LogP contribution in [-0.4, -0.2) is 30.3 Å². The maximum absolute atomic E-state index is 13.5. The number of hydrogen-bond donors (Lipinski definition) is 1. The van der Waals surface area contributed by atoms with E-state index in [1.807, 2.05) is 26.8 Å². The van der Waals surface area contributed by atoms with Crippen molar-refractivity contribution in [3.63, 3.8) is 0 Å². The van der Waals surface area contributed by atoms with Crippen LogP contribution >= 0.6 is 0 Å². The number of carbonyl (C=O) groups excluding carboxylic acids is 2. The molecule has 0 radical (unpaired) electrons. The molecule has 1 spiro atoms. The average molecular weight is 413 g/mol. The molecule has 1 N–H and O–H groups in total. The van der Waals surface area contributed by atoms with E-state index >= 15 is 0 Å². The van der Waals surface area contributed by atoms with Crippen molar-refractivity contribution in [3.8, 4) is 0 Å². The second-order valence-electron chi connectivity index (χ2n) is 14.2. The quantitative estimate of drug-likeness (QED) is 0.401. The Morgan fingerprint density at radius 1 is 1.07 bits per heavy atom. The SMILES string of the molecule is C=CCC(NC(=O)OC(C)(C)C)(C(=O)OC)[C]12[CH]3[CH]4[CH]5[CH]1[Fe]45321678[CH]2[CH]1[CH]6[CH]7[CH]28. The van der Waals surface area contributed by atoms with Gasteiger partial charge in [-0.1, -0.05) is 0 Å². The molecule has 0 aliphatic carbocycles. The Labute approximate surface area is 148 Å². The van der Waals surface area contributed by atoms with E-state index < -0.39 is 23.7 Å². The standard InChI is InChI=1S/C16H22NO4.C5H5.Fe/c1-6-11-16(13(18)20-5,12-9-7-8-10-12)17-14(19)21-15(2,3)4;1-2-4-5-3-1;/h6-10H,1,11H2,2-5H3,(H,17,19);1-5H;. The van der Waals surface area contributed by atoms with Crippen molar-refractivity contribution in [1.82, 2.24) is 5.32 Å². The predicted octanol–water partition coefficient (Wildman–Crippen LogP) is 4.76. The molecule has 10 heterocycles. The van der Waals surface area contributed by atoms with E-state index in [2.05, 4.69) is 11.9 Å². The number of carbonyl (C=O) groups is 2. The summed E-state index contributed by atoms with van der Waals surface area (Å²) in [7, 11) is 1.47. The number of fused-ring (bicyclic) bond motifs is 10.